The molecular weight excluding hydrogens is 304 g/mol. The average Bonchev–Trinajstić information content (AvgIpc) is 3.27. The van der Waals surface area contributed by atoms with E-state index in [9.17, 15) is 0 Å². The summed E-state index contributed by atoms with van der Waals surface area (Å²) in [5.41, 5.74) is 1.60. The highest BCUT2D eigenvalue weighted by Crippen LogP contribution is 2.42. The van der Waals surface area contributed by atoms with Gasteiger partial charge in [-0.2, -0.15) is 0 Å². The first-order valence-electron chi connectivity index (χ1n) is 8.70. The highest BCUT2D eigenvalue weighted by Gasteiger charge is 2.42. The fourth-order valence-corrected chi connectivity index (χ4v) is 3.79. The molecule has 5 heteroatoms. The average molecular weight is 328 g/mol. The summed E-state index contributed by atoms with van der Waals surface area (Å²) in [5, 5.41) is 0. The smallest absolute Gasteiger partial charge is 0.213 e. The van der Waals surface area contributed by atoms with Crippen molar-refractivity contribution in [3.63, 3.8) is 0 Å². The highest BCUT2D eigenvalue weighted by molar-refractivity contribution is 5.09. The Balaban J connectivity index is 1.24. The summed E-state index contributed by atoms with van der Waals surface area (Å²) in [6, 6.07) is 7.77. The van der Waals surface area contributed by atoms with Crippen molar-refractivity contribution in [1.29, 1.82) is 0 Å². The molecule has 2 saturated heterocycles. The number of ether oxygens (including phenoxy) is 2. The van der Waals surface area contributed by atoms with Gasteiger partial charge in [-0.05, 0) is 49.9 Å². The Bertz CT molecular complexity index is 621. The second-order valence-corrected chi connectivity index (χ2v) is 7.02. The molecule has 0 bridgehead atoms. The molecule has 0 N–H and O–H groups in total. The van der Waals surface area contributed by atoms with E-state index in [1.807, 2.05) is 30.5 Å². The maximum Gasteiger partial charge on any atom is 0.213 e. The van der Waals surface area contributed by atoms with Gasteiger partial charge in [0.1, 0.15) is 6.61 Å². The molecule has 0 unspecified atom stereocenters. The van der Waals surface area contributed by atoms with Gasteiger partial charge in [0.2, 0.25) is 5.88 Å². The van der Waals surface area contributed by atoms with E-state index in [2.05, 4.69) is 9.88 Å². The molecule has 0 saturated carbocycles. The number of aromatic nitrogens is 1. The van der Waals surface area contributed by atoms with Crippen LogP contribution in [0.4, 0.5) is 0 Å². The maximum atomic E-state index is 6.02. The molecule has 2 aliphatic heterocycles. The van der Waals surface area contributed by atoms with Gasteiger partial charge in [-0.3, -0.25) is 4.90 Å². The van der Waals surface area contributed by atoms with Crippen LogP contribution in [-0.4, -0.2) is 42.3 Å². The lowest BCUT2D eigenvalue weighted by Gasteiger charge is -2.38. The third-order valence-corrected chi connectivity index (χ3v) is 5.24. The minimum absolute atomic E-state index is 0.187. The van der Waals surface area contributed by atoms with E-state index in [4.69, 9.17) is 13.9 Å². The number of piperidine rings is 1. The third-order valence-electron chi connectivity index (χ3n) is 5.24. The van der Waals surface area contributed by atoms with Crippen LogP contribution in [0.15, 0.2) is 47.4 Å². The van der Waals surface area contributed by atoms with Crippen molar-refractivity contribution in [3.8, 4) is 5.88 Å². The van der Waals surface area contributed by atoms with Gasteiger partial charge in [-0.25, -0.2) is 4.98 Å². The van der Waals surface area contributed by atoms with E-state index >= 15 is 0 Å². The van der Waals surface area contributed by atoms with E-state index in [0.29, 0.717) is 17.9 Å². The molecule has 2 aromatic rings. The van der Waals surface area contributed by atoms with Crippen molar-refractivity contribution in [1.82, 2.24) is 9.88 Å². The lowest BCUT2D eigenvalue weighted by Crippen LogP contribution is -2.40. The fourth-order valence-electron chi connectivity index (χ4n) is 3.79. The molecule has 24 heavy (non-hydrogen) atoms. The zero-order valence-electron chi connectivity index (χ0n) is 13.9. The second kappa shape index (κ2) is 6.95. The predicted molar refractivity (Wildman–Crippen MR) is 89.7 cm³/mol. The van der Waals surface area contributed by atoms with E-state index in [1.165, 1.54) is 18.4 Å². The molecule has 0 radical (unpaired) electrons. The van der Waals surface area contributed by atoms with Gasteiger partial charge >= 0.3 is 0 Å². The second-order valence-electron chi connectivity index (χ2n) is 7.02. The van der Waals surface area contributed by atoms with Gasteiger partial charge < -0.3 is 13.9 Å². The van der Waals surface area contributed by atoms with Crippen LogP contribution in [0.1, 0.15) is 24.8 Å². The van der Waals surface area contributed by atoms with Gasteiger partial charge in [0.15, 0.2) is 0 Å². The van der Waals surface area contributed by atoms with E-state index in [1.54, 1.807) is 12.5 Å². The van der Waals surface area contributed by atoms with Gasteiger partial charge in [0, 0.05) is 24.4 Å². The summed E-state index contributed by atoms with van der Waals surface area (Å²) < 4.78 is 16.9. The van der Waals surface area contributed by atoms with Crippen molar-refractivity contribution in [2.24, 2.45) is 5.41 Å². The quantitative estimate of drug-likeness (QED) is 0.844. The summed E-state index contributed by atoms with van der Waals surface area (Å²) >= 11 is 0. The van der Waals surface area contributed by atoms with Gasteiger partial charge in [0.05, 0.1) is 25.2 Å². The molecule has 2 aromatic heterocycles. The van der Waals surface area contributed by atoms with Crippen LogP contribution in [0.2, 0.25) is 0 Å². The van der Waals surface area contributed by atoms with Crippen molar-refractivity contribution in [3.05, 3.63) is 48.6 Å². The van der Waals surface area contributed by atoms with Crippen LogP contribution >= 0.6 is 0 Å². The molecule has 0 amide bonds. The maximum absolute atomic E-state index is 6.02. The molecule has 1 atom stereocenters. The first-order chi connectivity index (χ1) is 11.8. The minimum Gasteiger partial charge on any atom is -0.475 e. The lowest BCUT2D eigenvalue weighted by molar-refractivity contribution is 0.0462. The summed E-state index contributed by atoms with van der Waals surface area (Å²) in [5.74, 6) is 0.678. The van der Waals surface area contributed by atoms with Crippen LogP contribution in [0.25, 0.3) is 0 Å². The number of hydrogen-bond donors (Lipinski definition) is 0. The van der Waals surface area contributed by atoms with Gasteiger partial charge in [0.25, 0.3) is 0 Å². The zero-order chi connectivity index (χ0) is 16.2. The molecule has 2 aliphatic rings. The first-order valence-corrected chi connectivity index (χ1v) is 8.70. The molecule has 4 rings (SSSR count). The topological polar surface area (TPSA) is 47.7 Å². The number of likely N-dealkylation sites (tertiary alicyclic amines) is 1. The number of pyridine rings is 1. The SMILES string of the molecule is c1ccc(OC[C@@H]2CC3(CCN(Cc4ccoc4)CC3)CO2)nc1. The fraction of sp³-hybridized carbons (Fsp3) is 0.526. The predicted octanol–water partition coefficient (Wildman–Crippen LogP) is 3.12. The monoisotopic (exact) mass is 328 g/mol. The summed E-state index contributed by atoms with van der Waals surface area (Å²) in [4.78, 5) is 6.70. The Morgan fingerprint density at radius 1 is 1.25 bits per heavy atom. The summed E-state index contributed by atoms with van der Waals surface area (Å²) in [6.45, 7) is 4.70. The zero-order valence-corrected chi connectivity index (χ0v) is 13.9. The summed E-state index contributed by atoms with van der Waals surface area (Å²) in [6.07, 6.45) is 9.02. The Morgan fingerprint density at radius 3 is 2.92 bits per heavy atom. The Labute approximate surface area is 142 Å². The summed E-state index contributed by atoms with van der Waals surface area (Å²) in [7, 11) is 0. The van der Waals surface area contributed by atoms with Crippen LogP contribution in [-0.2, 0) is 11.3 Å². The molecule has 0 aliphatic carbocycles. The number of nitrogens with zero attached hydrogens (tertiary/aromatic N) is 2. The van der Waals surface area contributed by atoms with Crippen molar-refractivity contribution in [2.45, 2.75) is 31.9 Å². The Morgan fingerprint density at radius 2 is 2.17 bits per heavy atom. The van der Waals surface area contributed by atoms with E-state index in [-0.39, 0.29) is 6.10 Å². The van der Waals surface area contributed by atoms with Crippen LogP contribution < -0.4 is 4.74 Å². The molecule has 128 valence electrons. The molecule has 2 fully saturated rings. The normalized spacial score (nSPS) is 23.6. The molecule has 0 aromatic carbocycles. The number of furan rings is 1. The highest BCUT2D eigenvalue weighted by atomic mass is 16.5. The standard InChI is InChI=1S/C19H24N2O3/c1-2-7-20-18(3-1)23-14-17-11-19(15-24-17)5-8-21(9-6-19)12-16-4-10-22-13-16/h1-4,7,10,13,17H,5-6,8-9,11-12,14-15H2/t17-/m0/s1. The first kappa shape index (κ1) is 15.7. The van der Waals surface area contributed by atoms with Crippen molar-refractivity contribution < 1.29 is 13.9 Å². The number of rotatable bonds is 5. The Kier molecular flexibility index (Phi) is 4.54. The van der Waals surface area contributed by atoms with Crippen molar-refractivity contribution >= 4 is 0 Å². The minimum atomic E-state index is 0.187. The van der Waals surface area contributed by atoms with Crippen LogP contribution in [0.3, 0.4) is 0 Å². The lowest BCUT2D eigenvalue weighted by atomic mass is 9.76. The van der Waals surface area contributed by atoms with Gasteiger partial charge in [-0.1, -0.05) is 6.07 Å². The van der Waals surface area contributed by atoms with E-state index < -0.39 is 0 Å². The molecule has 5 nitrogen and oxygen atoms in total. The van der Waals surface area contributed by atoms with Gasteiger partial charge in [-0.15, -0.1) is 0 Å². The van der Waals surface area contributed by atoms with E-state index in [0.717, 1.165) is 32.7 Å². The molecule has 4 heterocycles. The van der Waals surface area contributed by atoms with Crippen LogP contribution in [0, 0.1) is 5.41 Å². The largest absolute Gasteiger partial charge is 0.475 e. The number of hydrogen-bond acceptors (Lipinski definition) is 5. The third kappa shape index (κ3) is 3.62. The Hall–Kier alpha value is -1.85. The van der Waals surface area contributed by atoms with Crippen LogP contribution in [0.5, 0.6) is 5.88 Å². The molecule has 1 spiro atoms. The van der Waals surface area contributed by atoms with Crippen molar-refractivity contribution in [2.75, 3.05) is 26.3 Å². The molecular formula is C19H24N2O3.